The summed E-state index contributed by atoms with van der Waals surface area (Å²) in [5.74, 6) is 1.19. The van der Waals surface area contributed by atoms with Crippen LogP contribution in [0.3, 0.4) is 0 Å². The number of likely N-dealkylation sites (tertiary alicyclic amines) is 1. The molecule has 7 nitrogen and oxygen atoms in total. The first-order valence-corrected chi connectivity index (χ1v) is 8.57. The van der Waals surface area contributed by atoms with E-state index in [1.807, 2.05) is 18.7 Å². The number of carbonyl (C=O) groups is 1. The highest BCUT2D eigenvalue weighted by molar-refractivity contribution is 5.92. The lowest BCUT2D eigenvalue weighted by Crippen LogP contribution is -2.37. The van der Waals surface area contributed by atoms with Gasteiger partial charge in [0.05, 0.1) is 5.69 Å². The third-order valence-corrected chi connectivity index (χ3v) is 4.86. The fraction of sp³-hybridized carbons (Fsp3) is 0.588. The molecule has 1 atom stereocenters. The van der Waals surface area contributed by atoms with Crippen LogP contribution in [-0.4, -0.2) is 44.9 Å². The Kier molecular flexibility index (Phi) is 3.88. The van der Waals surface area contributed by atoms with E-state index in [1.54, 1.807) is 6.07 Å². The molecule has 2 aromatic rings. The van der Waals surface area contributed by atoms with Crippen LogP contribution in [0.5, 0.6) is 0 Å². The van der Waals surface area contributed by atoms with Gasteiger partial charge in [0.2, 0.25) is 0 Å². The Morgan fingerprint density at radius 2 is 2.25 bits per heavy atom. The zero-order chi connectivity index (χ0) is 16.7. The molecule has 2 aliphatic rings. The van der Waals surface area contributed by atoms with Crippen molar-refractivity contribution in [2.75, 3.05) is 13.1 Å². The second-order valence-corrected chi connectivity index (χ2v) is 7.00. The van der Waals surface area contributed by atoms with Crippen LogP contribution in [0, 0.1) is 6.92 Å². The summed E-state index contributed by atoms with van der Waals surface area (Å²) in [5.41, 5.74) is 2.72. The second kappa shape index (κ2) is 6.05. The number of amides is 1. The van der Waals surface area contributed by atoms with E-state index in [2.05, 4.69) is 26.7 Å². The molecule has 0 aromatic carbocycles. The highest BCUT2D eigenvalue weighted by atomic mass is 16.5. The van der Waals surface area contributed by atoms with E-state index in [-0.39, 0.29) is 11.9 Å². The Morgan fingerprint density at radius 3 is 2.96 bits per heavy atom. The molecular weight excluding hydrogens is 306 g/mol. The normalized spacial score (nSPS) is 21.3. The SMILES string of the molecule is Cc1nn(C)cc1CN1CC[C@H](NC(=O)c2cc(C3CC3)on2)C1. The molecule has 4 rings (SSSR count). The molecule has 0 unspecified atom stereocenters. The summed E-state index contributed by atoms with van der Waals surface area (Å²) in [5, 5.41) is 11.4. The monoisotopic (exact) mass is 329 g/mol. The molecule has 0 spiro atoms. The summed E-state index contributed by atoms with van der Waals surface area (Å²) in [6.45, 7) is 4.74. The molecule has 1 amide bonds. The molecule has 3 heterocycles. The van der Waals surface area contributed by atoms with Crippen LogP contribution in [0.4, 0.5) is 0 Å². The van der Waals surface area contributed by atoms with E-state index < -0.39 is 0 Å². The Bertz CT molecular complexity index is 746. The number of aryl methyl sites for hydroxylation is 2. The molecule has 1 aliphatic heterocycles. The largest absolute Gasteiger partial charge is 0.360 e. The van der Waals surface area contributed by atoms with E-state index in [9.17, 15) is 4.79 Å². The minimum Gasteiger partial charge on any atom is -0.360 e. The van der Waals surface area contributed by atoms with Gasteiger partial charge in [-0.15, -0.1) is 0 Å². The maximum atomic E-state index is 12.3. The van der Waals surface area contributed by atoms with Crippen molar-refractivity contribution in [2.45, 2.75) is 44.7 Å². The standard InChI is InChI=1S/C17H23N5O2/c1-11-13(8-21(2)19-11)9-22-6-5-14(10-22)18-17(23)15-7-16(24-20-15)12-3-4-12/h7-8,12,14H,3-6,9-10H2,1-2H3,(H,18,23)/t14-/m0/s1. The van der Waals surface area contributed by atoms with Gasteiger partial charge in [0.25, 0.3) is 5.91 Å². The molecule has 1 aliphatic carbocycles. The van der Waals surface area contributed by atoms with E-state index in [1.165, 1.54) is 5.56 Å². The topological polar surface area (TPSA) is 76.2 Å². The van der Waals surface area contributed by atoms with Crippen LogP contribution in [0.25, 0.3) is 0 Å². The van der Waals surface area contributed by atoms with E-state index in [4.69, 9.17) is 4.52 Å². The van der Waals surface area contributed by atoms with Gasteiger partial charge >= 0.3 is 0 Å². The van der Waals surface area contributed by atoms with Gasteiger partial charge in [-0.2, -0.15) is 5.10 Å². The van der Waals surface area contributed by atoms with Gasteiger partial charge in [0.15, 0.2) is 5.69 Å². The van der Waals surface area contributed by atoms with Gasteiger partial charge in [0.1, 0.15) is 5.76 Å². The molecular formula is C17H23N5O2. The molecule has 2 fully saturated rings. The number of hydrogen-bond acceptors (Lipinski definition) is 5. The molecule has 24 heavy (non-hydrogen) atoms. The number of carbonyl (C=O) groups excluding carboxylic acids is 1. The fourth-order valence-electron chi connectivity index (χ4n) is 3.35. The van der Waals surface area contributed by atoms with Gasteiger partial charge in [-0.25, -0.2) is 0 Å². The summed E-state index contributed by atoms with van der Waals surface area (Å²) in [4.78, 5) is 14.7. The van der Waals surface area contributed by atoms with Gasteiger partial charge < -0.3 is 9.84 Å². The van der Waals surface area contributed by atoms with E-state index >= 15 is 0 Å². The zero-order valence-corrected chi connectivity index (χ0v) is 14.2. The molecule has 7 heteroatoms. The lowest BCUT2D eigenvalue weighted by molar-refractivity contribution is 0.0928. The summed E-state index contributed by atoms with van der Waals surface area (Å²) >= 11 is 0. The lowest BCUT2D eigenvalue weighted by Gasteiger charge is -2.15. The Labute approximate surface area is 141 Å². The maximum Gasteiger partial charge on any atom is 0.273 e. The smallest absolute Gasteiger partial charge is 0.273 e. The first-order valence-electron chi connectivity index (χ1n) is 8.57. The third kappa shape index (κ3) is 3.21. The highest BCUT2D eigenvalue weighted by Crippen LogP contribution is 2.40. The third-order valence-electron chi connectivity index (χ3n) is 4.86. The molecule has 1 N–H and O–H groups in total. The first-order chi connectivity index (χ1) is 11.6. The van der Waals surface area contributed by atoms with Crippen LogP contribution in [0.2, 0.25) is 0 Å². The van der Waals surface area contributed by atoms with Crippen molar-refractivity contribution < 1.29 is 9.32 Å². The van der Waals surface area contributed by atoms with Gasteiger partial charge in [-0.05, 0) is 26.2 Å². The van der Waals surface area contributed by atoms with Crippen LogP contribution < -0.4 is 5.32 Å². The lowest BCUT2D eigenvalue weighted by atomic mass is 10.2. The quantitative estimate of drug-likeness (QED) is 0.902. The van der Waals surface area contributed by atoms with Crippen molar-refractivity contribution in [3.8, 4) is 0 Å². The molecule has 1 saturated carbocycles. The highest BCUT2D eigenvalue weighted by Gasteiger charge is 2.30. The molecule has 2 aromatic heterocycles. The van der Waals surface area contributed by atoms with Crippen LogP contribution in [-0.2, 0) is 13.6 Å². The first kappa shape index (κ1) is 15.4. The van der Waals surface area contributed by atoms with Gasteiger partial charge in [0, 0.05) is 56.5 Å². The molecule has 0 bridgehead atoms. The van der Waals surface area contributed by atoms with Crippen molar-refractivity contribution in [1.29, 1.82) is 0 Å². The summed E-state index contributed by atoms with van der Waals surface area (Å²) in [6.07, 6.45) is 5.30. The van der Waals surface area contributed by atoms with Crippen LogP contribution in [0.1, 0.15) is 52.7 Å². The number of rotatable bonds is 5. The molecule has 1 saturated heterocycles. The summed E-state index contributed by atoms with van der Waals surface area (Å²) < 4.78 is 7.11. The second-order valence-electron chi connectivity index (χ2n) is 7.00. The average molecular weight is 329 g/mol. The van der Waals surface area contributed by atoms with Gasteiger partial charge in [-0.1, -0.05) is 5.16 Å². The predicted molar refractivity (Wildman–Crippen MR) is 87.6 cm³/mol. The van der Waals surface area contributed by atoms with Crippen molar-refractivity contribution in [3.05, 3.63) is 35.0 Å². The number of aromatic nitrogens is 3. The zero-order valence-electron chi connectivity index (χ0n) is 14.2. The van der Waals surface area contributed by atoms with Crippen molar-refractivity contribution in [2.24, 2.45) is 7.05 Å². The van der Waals surface area contributed by atoms with Crippen LogP contribution >= 0.6 is 0 Å². The minimum atomic E-state index is -0.130. The van der Waals surface area contributed by atoms with Gasteiger partial charge in [-0.3, -0.25) is 14.4 Å². The number of hydrogen-bond donors (Lipinski definition) is 1. The average Bonchev–Trinajstić information content (AvgIpc) is 2.96. The number of nitrogens with one attached hydrogen (secondary N) is 1. The Hall–Kier alpha value is -2.15. The Morgan fingerprint density at radius 1 is 1.42 bits per heavy atom. The Balaban J connectivity index is 1.31. The van der Waals surface area contributed by atoms with E-state index in [0.29, 0.717) is 11.6 Å². The van der Waals surface area contributed by atoms with Crippen molar-refractivity contribution in [1.82, 2.24) is 25.2 Å². The summed E-state index contributed by atoms with van der Waals surface area (Å²) in [6, 6.07) is 1.95. The molecule has 0 radical (unpaired) electrons. The minimum absolute atomic E-state index is 0.130. The van der Waals surface area contributed by atoms with Crippen molar-refractivity contribution in [3.63, 3.8) is 0 Å². The predicted octanol–water partition coefficient (Wildman–Crippen LogP) is 1.60. The maximum absolute atomic E-state index is 12.3. The summed E-state index contributed by atoms with van der Waals surface area (Å²) in [7, 11) is 1.94. The fourth-order valence-corrected chi connectivity index (χ4v) is 3.35. The van der Waals surface area contributed by atoms with E-state index in [0.717, 1.165) is 50.4 Å². The molecule has 128 valence electrons. The van der Waals surface area contributed by atoms with Crippen LogP contribution in [0.15, 0.2) is 16.8 Å². The van der Waals surface area contributed by atoms with Crippen molar-refractivity contribution >= 4 is 5.91 Å². The number of nitrogens with zero attached hydrogens (tertiary/aromatic N) is 4.